The minimum atomic E-state index is -0.241. The molecule has 0 radical (unpaired) electrons. The molecule has 0 unspecified atom stereocenters. The smallest absolute Gasteiger partial charge is 0.276 e. The van der Waals surface area contributed by atoms with E-state index in [0.717, 1.165) is 16.6 Å². The van der Waals surface area contributed by atoms with E-state index in [1.807, 2.05) is 55.5 Å². The number of benzene rings is 1. The first kappa shape index (κ1) is 18.6. The van der Waals surface area contributed by atoms with Crippen molar-refractivity contribution in [2.45, 2.75) is 19.6 Å². The number of aromatic nitrogens is 3. The number of oxazole rings is 1. The van der Waals surface area contributed by atoms with E-state index in [1.54, 1.807) is 24.3 Å². The molecule has 1 amide bonds. The van der Waals surface area contributed by atoms with Crippen LogP contribution in [0.3, 0.4) is 0 Å². The van der Waals surface area contributed by atoms with Crippen molar-refractivity contribution in [3.8, 4) is 5.75 Å². The van der Waals surface area contributed by atoms with E-state index >= 15 is 0 Å². The van der Waals surface area contributed by atoms with Crippen LogP contribution in [0.4, 0.5) is 0 Å². The molecule has 4 aromatic rings. The highest BCUT2D eigenvalue weighted by atomic mass is 16.5. The summed E-state index contributed by atoms with van der Waals surface area (Å²) >= 11 is 0. The summed E-state index contributed by atoms with van der Waals surface area (Å²) in [5, 5.41) is 0.985. The molecule has 1 atom stereocenters. The number of ether oxygens (including phenoxy) is 1. The van der Waals surface area contributed by atoms with Crippen molar-refractivity contribution in [2.24, 2.45) is 0 Å². The molecule has 29 heavy (non-hydrogen) atoms. The summed E-state index contributed by atoms with van der Waals surface area (Å²) in [5.41, 5.74) is 1.94. The number of amides is 1. The predicted octanol–water partition coefficient (Wildman–Crippen LogP) is 4.03. The molecule has 0 saturated heterocycles. The Kier molecular flexibility index (Phi) is 5.20. The quantitative estimate of drug-likeness (QED) is 0.496. The molecule has 3 heterocycles. The lowest BCUT2D eigenvalue weighted by Crippen LogP contribution is -2.30. The molecule has 0 bridgehead atoms. The second-order valence-electron chi connectivity index (χ2n) is 6.62. The fraction of sp³-hybridized carbons (Fsp3) is 0.182. The fourth-order valence-electron chi connectivity index (χ4n) is 2.94. The van der Waals surface area contributed by atoms with Gasteiger partial charge in [-0.2, -0.15) is 0 Å². The zero-order chi connectivity index (χ0) is 20.2. The Morgan fingerprint density at radius 3 is 2.83 bits per heavy atom. The first-order valence-electron chi connectivity index (χ1n) is 9.22. The van der Waals surface area contributed by atoms with Crippen LogP contribution in [0.5, 0.6) is 5.75 Å². The van der Waals surface area contributed by atoms with Gasteiger partial charge in [-0.3, -0.25) is 14.8 Å². The number of nitrogens with zero attached hydrogens (tertiary/aromatic N) is 4. The number of rotatable bonds is 6. The lowest BCUT2D eigenvalue weighted by atomic mass is 10.2. The number of hydrogen-bond donors (Lipinski definition) is 0. The van der Waals surface area contributed by atoms with E-state index in [4.69, 9.17) is 9.15 Å². The Hall–Kier alpha value is -3.74. The summed E-state index contributed by atoms with van der Waals surface area (Å²) in [7, 11) is 1.72. The van der Waals surface area contributed by atoms with Gasteiger partial charge in [0, 0.05) is 24.8 Å². The predicted molar refractivity (Wildman–Crippen MR) is 107 cm³/mol. The molecule has 0 aliphatic carbocycles. The Labute approximate surface area is 168 Å². The van der Waals surface area contributed by atoms with Gasteiger partial charge in [-0.05, 0) is 43.3 Å². The van der Waals surface area contributed by atoms with Crippen molar-refractivity contribution in [2.75, 3.05) is 7.05 Å². The molecule has 0 fully saturated rings. The molecule has 4 rings (SSSR count). The molecular formula is C22H20N4O3. The zero-order valence-electron chi connectivity index (χ0n) is 16.1. The average molecular weight is 388 g/mol. The molecule has 0 N–H and O–H groups in total. The summed E-state index contributed by atoms with van der Waals surface area (Å²) in [6.45, 7) is 2.04. The largest absolute Gasteiger partial charge is 0.484 e. The SMILES string of the molecule is C[C@H](c1ccccn1)N(C)C(=O)c1coc(COc2ccc3ncccc3c2)n1. The molecule has 1 aromatic carbocycles. The average Bonchev–Trinajstić information content (AvgIpc) is 3.25. The van der Waals surface area contributed by atoms with Crippen LogP contribution in [0.15, 0.2) is 71.6 Å². The van der Waals surface area contributed by atoms with Crippen LogP contribution >= 0.6 is 0 Å². The van der Waals surface area contributed by atoms with Gasteiger partial charge in [-0.25, -0.2) is 4.98 Å². The van der Waals surface area contributed by atoms with E-state index in [-0.39, 0.29) is 24.2 Å². The maximum Gasteiger partial charge on any atom is 0.276 e. The molecule has 0 aliphatic heterocycles. The number of carbonyl (C=O) groups excluding carboxylic acids is 1. The Balaban J connectivity index is 1.41. The highest BCUT2D eigenvalue weighted by Crippen LogP contribution is 2.21. The van der Waals surface area contributed by atoms with Crippen LogP contribution < -0.4 is 4.74 Å². The van der Waals surface area contributed by atoms with Gasteiger partial charge in [-0.15, -0.1) is 0 Å². The molecule has 3 aromatic heterocycles. The van der Waals surface area contributed by atoms with E-state index in [1.165, 1.54) is 6.26 Å². The normalized spacial score (nSPS) is 11.9. The van der Waals surface area contributed by atoms with Crippen LogP contribution in [-0.4, -0.2) is 32.8 Å². The van der Waals surface area contributed by atoms with Crippen molar-refractivity contribution < 1.29 is 13.9 Å². The molecule has 0 saturated carbocycles. The Morgan fingerprint density at radius 1 is 1.14 bits per heavy atom. The van der Waals surface area contributed by atoms with Gasteiger partial charge in [0.1, 0.15) is 12.0 Å². The van der Waals surface area contributed by atoms with E-state index in [9.17, 15) is 4.79 Å². The lowest BCUT2D eigenvalue weighted by molar-refractivity contribution is 0.0733. The number of hydrogen-bond acceptors (Lipinski definition) is 6. The Bertz CT molecular complexity index is 1130. The number of fused-ring (bicyclic) bond motifs is 1. The Morgan fingerprint density at radius 2 is 2.00 bits per heavy atom. The van der Waals surface area contributed by atoms with Gasteiger partial charge in [0.15, 0.2) is 12.3 Å². The second kappa shape index (κ2) is 8.10. The monoisotopic (exact) mass is 388 g/mol. The van der Waals surface area contributed by atoms with Crippen LogP contribution in [0, 0.1) is 0 Å². The summed E-state index contributed by atoms with van der Waals surface area (Å²) in [5.74, 6) is 0.769. The van der Waals surface area contributed by atoms with E-state index in [2.05, 4.69) is 15.0 Å². The highest BCUT2D eigenvalue weighted by molar-refractivity contribution is 5.92. The maximum absolute atomic E-state index is 12.7. The summed E-state index contributed by atoms with van der Waals surface area (Å²) in [6, 6.07) is 14.9. The van der Waals surface area contributed by atoms with Crippen LogP contribution in [0.1, 0.15) is 35.0 Å². The standard InChI is InChI=1S/C22H20N4O3/c1-15(18-7-3-4-10-23-18)26(2)22(27)20-13-29-21(25-20)14-28-17-8-9-19-16(12-17)6-5-11-24-19/h3-13,15H,14H2,1-2H3/t15-/m1/s1. The molecule has 7 nitrogen and oxygen atoms in total. The van der Waals surface area contributed by atoms with Crippen LogP contribution in [0.25, 0.3) is 10.9 Å². The molecule has 0 spiro atoms. The minimum absolute atomic E-state index is 0.124. The highest BCUT2D eigenvalue weighted by Gasteiger charge is 2.22. The second-order valence-corrected chi connectivity index (χ2v) is 6.62. The number of carbonyl (C=O) groups is 1. The molecule has 0 aliphatic rings. The molecular weight excluding hydrogens is 368 g/mol. The first-order valence-corrected chi connectivity index (χ1v) is 9.22. The van der Waals surface area contributed by atoms with Gasteiger partial charge in [0.25, 0.3) is 5.91 Å². The van der Waals surface area contributed by atoms with Gasteiger partial charge < -0.3 is 14.1 Å². The summed E-state index contributed by atoms with van der Waals surface area (Å²) in [4.78, 5) is 27.2. The van der Waals surface area contributed by atoms with Gasteiger partial charge >= 0.3 is 0 Å². The van der Waals surface area contributed by atoms with E-state index < -0.39 is 0 Å². The van der Waals surface area contributed by atoms with Crippen molar-refractivity contribution >= 4 is 16.8 Å². The van der Waals surface area contributed by atoms with Crippen LogP contribution in [-0.2, 0) is 6.61 Å². The first-order chi connectivity index (χ1) is 14.1. The van der Waals surface area contributed by atoms with Crippen molar-refractivity contribution in [3.05, 3.63) is 84.5 Å². The fourth-order valence-corrected chi connectivity index (χ4v) is 2.94. The van der Waals surface area contributed by atoms with E-state index in [0.29, 0.717) is 11.6 Å². The van der Waals surface area contributed by atoms with Crippen molar-refractivity contribution in [3.63, 3.8) is 0 Å². The topological polar surface area (TPSA) is 81.4 Å². The third kappa shape index (κ3) is 4.08. The van der Waals surface area contributed by atoms with Gasteiger partial charge in [0.05, 0.1) is 17.3 Å². The number of pyridine rings is 2. The van der Waals surface area contributed by atoms with Crippen molar-refractivity contribution in [1.29, 1.82) is 0 Å². The minimum Gasteiger partial charge on any atom is -0.484 e. The molecule has 7 heteroatoms. The summed E-state index contributed by atoms with van der Waals surface area (Å²) < 4.78 is 11.2. The van der Waals surface area contributed by atoms with Gasteiger partial charge in [-0.1, -0.05) is 12.1 Å². The van der Waals surface area contributed by atoms with Crippen LogP contribution in [0.2, 0.25) is 0 Å². The zero-order valence-corrected chi connectivity index (χ0v) is 16.1. The third-order valence-electron chi connectivity index (χ3n) is 4.72. The third-order valence-corrected chi connectivity index (χ3v) is 4.72. The summed E-state index contributed by atoms with van der Waals surface area (Å²) in [6.07, 6.45) is 4.81. The van der Waals surface area contributed by atoms with Gasteiger partial charge in [0.2, 0.25) is 5.89 Å². The van der Waals surface area contributed by atoms with Crippen molar-refractivity contribution in [1.82, 2.24) is 19.9 Å². The molecule has 146 valence electrons. The maximum atomic E-state index is 12.7. The lowest BCUT2D eigenvalue weighted by Gasteiger charge is -2.23.